The van der Waals surface area contributed by atoms with E-state index >= 15 is 0 Å². The lowest BCUT2D eigenvalue weighted by Crippen LogP contribution is -2.01. The summed E-state index contributed by atoms with van der Waals surface area (Å²) < 4.78 is 0. The highest BCUT2D eigenvalue weighted by molar-refractivity contribution is 5.98. The van der Waals surface area contributed by atoms with Gasteiger partial charge in [0.15, 0.2) is 0 Å². The molecule has 2 N–H and O–H groups in total. The van der Waals surface area contributed by atoms with Crippen LogP contribution in [0.4, 0.5) is 0 Å². The summed E-state index contributed by atoms with van der Waals surface area (Å²) in [5.41, 5.74) is 0.989. The van der Waals surface area contributed by atoms with Gasteiger partial charge in [-0.15, -0.1) is 0 Å². The first-order valence-corrected chi connectivity index (χ1v) is 5.73. The van der Waals surface area contributed by atoms with Gasteiger partial charge < -0.3 is 10.2 Å². The number of rotatable bonds is 2. The third-order valence-electron chi connectivity index (χ3n) is 2.94. The SMILES string of the molecule is O=C(O)c1ccc2cc3nc(C(=O)O)ccc3cc2n1. The lowest BCUT2D eigenvalue weighted by atomic mass is 10.1. The quantitative estimate of drug-likeness (QED) is 0.691. The second-order valence-corrected chi connectivity index (χ2v) is 4.24. The van der Waals surface area contributed by atoms with Crippen molar-refractivity contribution in [2.45, 2.75) is 0 Å². The molecule has 0 fully saturated rings. The molecular weight excluding hydrogens is 260 g/mol. The maximum Gasteiger partial charge on any atom is 0.354 e. The largest absolute Gasteiger partial charge is 0.477 e. The smallest absolute Gasteiger partial charge is 0.354 e. The summed E-state index contributed by atoms with van der Waals surface area (Å²) in [7, 11) is 0. The molecule has 0 unspecified atom stereocenters. The van der Waals surface area contributed by atoms with E-state index in [4.69, 9.17) is 10.2 Å². The molecule has 3 aromatic rings. The lowest BCUT2D eigenvalue weighted by molar-refractivity contribution is 0.0680. The normalized spacial score (nSPS) is 10.8. The number of nitrogens with zero attached hydrogens (tertiary/aromatic N) is 2. The van der Waals surface area contributed by atoms with Crippen LogP contribution in [-0.4, -0.2) is 32.1 Å². The van der Waals surface area contributed by atoms with Gasteiger partial charge in [0.05, 0.1) is 11.0 Å². The van der Waals surface area contributed by atoms with Crippen LogP contribution in [-0.2, 0) is 0 Å². The summed E-state index contributed by atoms with van der Waals surface area (Å²) in [6.07, 6.45) is 0. The van der Waals surface area contributed by atoms with Gasteiger partial charge in [-0.3, -0.25) is 0 Å². The zero-order valence-corrected chi connectivity index (χ0v) is 10.1. The number of fused-ring (bicyclic) bond motifs is 2. The lowest BCUT2D eigenvalue weighted by Gasteiger charge is -2.03. The number of aromatic nitrogens is 2. The van der Waals surface area contributed by atoms with Crippen LogP contribution < -0.4 is 0 Å². The van der Waals surface area contributed by atoms with Gasteiger partial charge in [0.1, 0.15) is 11.4 Å². The van der Waals surface area contributed by atoms with E-state index < -0.39 is 11.9 Å². The molecule has 0 bridgehead atoms. The number of aromatic carboxylic acids is 2. The van der Waals surface area contributed by atoms with E-state index in [0.717, 1.165) is 0 Å². The van der Waals surface area contributed by atoms with Gasteiger partial charge in [-0.2, -0.15) is 0 Å². The minimum absolute atomic E-state index is 0.0352. The Morgan fingerprint density at radius 1 is 0.750 bits per heavy atom. The Labute approximate surface area is 112 Å². The van der Waals surface area contributed by atoms with Gasteiger partial charge in [-0.25, -0.2) is 19.6 Å². The molecule has 0 radical (unpaired) electrons. The van der Waals surface area contributed by atoms with Gasteiger partial charge in [-0.1, -0.05) is 12.1 Å². The van der Waals surface area contributed by atoms with Crippen molar-refractivity contribution in [1.29, 1.82) is 0 Å². The summed E-state index contributed by atoms with van der Waals surface area (Å²) >= 11 is 0. The monoisotopic (exact) mass is 268 g/mol. The highest BCUT2D eigenvalue weighted by atomic mass is 16.4. The molecule has 20 heavy (non-hydrogen) atoms. The fraction of sp³-hybridized carbons (Fsp3) is 0. The third-order valence-corrected chi connectivity index (χ3v) is 2.94. The maximum atomic E-state index is 10.9. The molecule has 0 aliphatic rings. The van der Waals surface area contributed by atoms with Crippen molar-refractivity contribution in [1.82, 2.24) is 9.97 Å². The Hall–Kier alpha value is -3.02. The fourth-order valence-electron chi connectivity index (χ4n) is 1.98. The predicted octanol–water partition coefficient (Wildman–Crippen LogP) is 2.18. The summed E-state index contributed by atoms with van der Waals surface area (Å²) in [5.74, 6) is -2.18. The van der Waals surface area contributed by atoms with E-state index in [1.807, 2.05) is 0 Å². The molecule has 0 saturated carbocycles. The minimum Gasteiger partial charge on any atom is -0.477 e. The predicted molar refractivity (Wildman–Crippen MR) is 71.0 cm³/mol. The number of carboxylic acids is 2. The van der Waals surface area contributed by atoms with Crippen LogP contribution in [0.1, 0.15) is 21.0 Å². The summed E-state index contributed by atoms with van der Waals surface area (Å²) in [5, 5.41) is 19.2. The fourth-order valence-corrected chi connectivity index (χ4v) is 1.98. The van der Waals surface area contributed by atoms with Crippen LogP contribution in [0.2, 0.25) is 0 Å². The Morgan fingerprint density at radius 2 is 1.15 bits per heavy atom. The molecule has 0 amide bonds. The molecule has 0 saturated heterocycles. The molecular formula is C14H8N2O4. The van der Waals surface area contributed by atoms with Crippen molar-refractivity contribution in [3.8, 4) is 0 Å². The standard InChI is InChI=1S/C14H8N2O4/c17-13(18)9-3-1-7-5-12-8(6-11(7)15-9)2-4-10(16-12)14(19)20/h1-6H,(H,17,18)(H,19,20). The van der Waals surface area contributed by atoms with E-state index in [2.05, 4.69) is 9.97 Å². The van der Waals surface area contributed by atoms with Crippen molar-refractivity contribution in [2.75, 3.05) is 0 Å². The average Bonchev–Trinajstić information content (AvgIpc) is 2.43. The number of benzene rings is 1. The zero-order chi connectivity index (χ0) is 14.3. The van der Waals surface area contributed by atoms with Gasteiger partial charge in [0, 0.05) is 10.8 Å². The number of pyridine rings is 2. The van der Waals surface area contributed by atoms with Gasteiger partial charge in [0.25, 0.3) is 0 Å². The van der Waals surface area contributed by atoms with Crippen LogP contribution in [0.25, 0.3) is 21.8 Å². The van der Waals surface area contributed by atoms with Crippen LogP contribution in [0, 0.1) is 0 Å². The summed E-state index contributed by atoms with van der Waals surface area (Å²) in [4.78, 5) is 29.9. The molecule has 2 heterocycles. The van der Waals surface area contributed by atoms with E-state index in [-0.39, 0.29) is 11.4 Å². The Kier molecular flexibility index (Phi) is 2.57. The molecule has 1 aromatic carbocycles. The van der Waals surface area contributed by atoms with Crippen molar-refractivity contribution >= 4 is 33.7 Å². The molecule has 6 nitrogen and oxygen atoms in total. The summed E-state index contributed by atoms with van der Waals surface area (Å²) in [6, 6.07) is 9.43. The minimum atomic E-state index is -1.09. The van der Waals surface area contributed by atoms with E-state index in [1.165, 1.54) is 12.1 Å². The van der Waals surface area contributed by atoms with Crippen LogP contribution in [0.5, 0.6) is 0 Å². The summed E-state index contributed by atoms with van der Waals surface area (Å²) in [6.45, 7) is 0. The molecule has 0 atom stereocenters. The second-order valence-electron chi connectivity index (χ2n) is 4.24. The first kappa shape index (κ1) is 12.0. The van der Waals surface area contributed by atoms with Crippen LogP contribution in [0.3, 0.4) is 0 Å². The van der Waals surface area contributed by atoms with Crippen molar-refractivity contribution in [2.24, 2.45) is 0 Å². The number of carboxylic acid groups (broad SMARTS) is 2. The van der Waals surface area contributed by atoms with Crippen molar-refractivity contribution < 1.29 is 19.8 Å². The van der Waals surface area contributed by atoms with E-state index in [9.17, 15) is 9.59 Å². The Bertz CT molecular complexity index is 800. The number of hydrogen-bond donors (Lipinski definition) is 2. The number of carbonyl (C=O) groups is 2. The van der Waals surface area contributed by atoms with Gasteiger partial charge in [0.2, 0.25) is 0 Å². The molecule has 6 heteroatoms. The first-order chi connectivity index (χ1) is 9.54. The maximum absolute atomic E-state index is 10.9. The van der Waals surface area contributed by atoms with Crippen LogP contribution >= 0.6 is 0 Å². The average molecular weight is 268 g/mol. The third kappa shape index (κ3) is 1.93. The van der Waals surface area contributed by atoms with Gasteiger partial charge >= 0.3 is 11.9 Å². The first-order valence-electron chi connectivity index (χ1n) is 5.73. The molecule has 3 rings (SSSR count). The number of hydrogen-bond acceptors (Lipinski definition) is 4. The van der Waals surface area contributed by atoms with Crippen molar-refractivity contribution in [3.63, 3.8) is 0 Å². The van der Waals surface area contributed by atoms with Crippen molar-refractivity contribution in [3.05, 3.63) is 47.8 Å². The topological polar surface area (TPSA) is 100 Å². The van der Waals surface area contributed by atoms with Crippen LogP contribution in [0.15, 0.2) is 36.4 Å². The molecule has 0 aliphatic carbocycles. The molecule has 2 aromatic heterocycles. The van der Waals surface area contributed by atoms with E-state index in [0.29, 0.717) is 21.8 Å². The molecule has 98 valence electrons. The Balaban J connectivity index is 2.27. The van der Waals surface area contributed by atoms with Gasteiger partial charge in [-0.05, 0) is 24.3 Å². The van der Waals surface area contributed by atoms with E-state index in [1.54, 1.807) is 24.3 Å². The zero-order valence-electron chi connectivity index (χ0n) is 10.1. The molecule has 0 aliphatic heterocycles. The second kappa shape index (κ2) is 4.27. The molecule has 0 spiro atoms. The highest BCUT2D eigenvalue weighted by Gasteiger charge is 2.09. The highest BCUT2D eigenvalue weighted by Crippen LogP contribution is 2.21. The Morgan fingerprint density at radius 3 is 1.50 bits per heavy atom.